The van der Waals surface area contributed by atoms with Gasteiger partial charge in [-0.3, -0.25) is 0 Å². The van der Waals surface area contributed by atoms with Crippen molar-refractivity contribution in [2.45, 2.75) is 13.5 Å². The van der Waals surface area contributed by atoms with Gasteiger partial charge in [0.2, 0.25) is 5.95 Å². The second-order valence-corrected chi connectivity index (χ2v) is 3.30. The normalized spacial score (nSPS) is 10.3. The largest absolute Gasteiger partial charge is 0.347 e. The predicted molar refractivity (Wildman–Crippen MR) is 55.1 cm³/mol. The number of anilines is 1. The zero-order valence-electron chi connectivity index (χ0n) is 8.68. The molecule has 0 fully saturated rings. The molecule has 0 saturated heterocycles. The number of aromatic nitrogens is 5. The fourth-order valence-electron chi connectivity index (χ4n) is 1.11. The molecule has 0 spiro atoms. The smallest absolute Gasteiger partial charge is 0.222 e. The minimum atomic E-state index is 0.569. The monoisotopic (exact) mass is 204 g/mol. The molecule has 2 aromatic heterocycles. The molecule has 0 aliphatic heterocycles. The SMILES string of the molecule is Cc1cnc(NCc2nncn2C)nc1. The highest BCUT2D eigenvalue weighted by Gasteiger charge is 2.00. The first-order valence-corrected chi connectivity index (χ1v) is 4.61. The molecule has 2 heterocycles. The van der Waals surface area contributed by atoms with Gasteiger partial charge in [-0.05, 0) is 12.5 Å². The summed E-state index contributed by atoms with van der Waals surface area (Å²) >= 11 is 0. The van der Waals surface area contributed by atoms with Gasteiger partial charge in [-0.2, -0.15) is 0 Å². The Balaban J connectivity index is 1.99. The van der Waals surface area contributed by atoms with Crippen LogP contribution in [0.25, 0.3) is 0 Å². The number of rotatable bonds is 3. The van der Waals surface area contributed by atoms with Gasteiger partial charge >= 0.3 is 0 Å². The molecule has 0 aromatic carbocycles. The number of hydrogen-bond donors (Lipinski definition) is 1. The van der Waals surface area contributed by atoms with E-state index in [4.69, 9.17) is 0 Å². The Morgan fingerprint density at radius 1 is 1.33 bits per heavy atom. The summed E-state index contributed by atoms with van der Waals surface area (Å²) in [6.07, 6.45) is 5.20. The maximum atomic E-state index is 4.13. The predicted octanol–water partition coefficient (Wildman–Crippen LogP) is 0.526. The van der Waals surface area contributed by atoms with Crippen LogP contribution >= 0.6 is 0 Å². The van der Waals surface area contributed by atoms with Gasteiger partial charge in [0.05, 0.1) is 6.54 Å². The second-order valence-electron chi connectivity index (χ2n) is 3.30. The summed E-state index contributed by atoms with van der Waals surface area (Å²) in [4.78, 5) is 8.26. The van der Waals surface area contributed by atoms with Crippen molar-refractivity contribution in [2.24, 2.45) is 7.05 Å². The van der Waals surface area contributed by atoms with Crippen molar-refractivity contribution >= 4 is 5.95 Å². The van der Waals surface area contributed by atoms with Gasteiger partial charge in [0.25, 0.3) is 0 Å². The van der Waals surface area contributed by atoms with Crippen molar-refractivity contribution in [3.05, 3.63) is 30.1 Å². The van der Waals surface area contributed by atoms with E-state index < -0.39 is 0 Å². The molecule has 0 aliphatic carbocycles. The fourth-order valence-corrected chi connectivity index (χ4v) is 1.11. The van der Waals surface area contributed by atoms with Crippen LogP contribution in [-0.4, -0.2) is 24.7 Å². The molecule has 0 bridgehead atoms. The molecule has 6 nitrogen and oxygen atoms in total. The minimum Gasteiger partial charge on any atom is -0.347 e. The highest BCUT2D eigenvalue weighted by Crippen LogP contribution is 2.00. The number of nitrogens with one attached hydrogen (secondary N) is 1. The average molecular weight is 204 g/mol. The summed E-state index contributed by atoms with van der Waals surface area (Å²) in [6.45, 7) is 2.52. The summed E-state index contributed by atoms with van der Waals surface area (Å²) in [7, 11) is 1.90. The molecule has 0 saturated carbocycles. The van der Waals surface area contributed by atoms with Crippen molar-refractivity contribution in [3.63, 3.8) is 0 Å². The highest BCUT2D eigenvalue weighted by atomic mass is 15.3. The molecule has 0 atom stereocenters. The summed E-state index contributed by atoms with van der Waals surface area (Å²) in [5.41, 5.74) is 1.04. The van der Waals surface area contributed by atoms with Crippen LogP contribution in [0.3, 0.4) is 0 Å². The van der Waals surface area contributed by atoms with E-state index in [-0.39, 0.29) is 0 Å². The van der Waals surface area contributed by atoms with E-state index >= 15 is 0 Å². The van der Waals surface area contributed by atoms with Gasteiger partial charge < -0.3 is 9.88 Å². The molecule has 1 N–H and O–H groups in total. The van der Waals surface area contributed by atoms with E-state index in [1.165, 1.54) is 0 Å². The third kappa shape index (κ3) is 2.28. The van der Waals surface area contributed by atoms with Crippen LogP contribution in [0.4, 0.5) is 5.95 Å². The van der Waals surface area contributed by atoms with Crippen molar-refractivity contribution in [2.75, 3.05) is 5.32 Å². The Morgan fingerprint density at radius 2 is 2.07 bits per heavy atom. The molecule has 0 radical (unpaired) electrons. The first kappa shape index (κ1) is 9.57. The zero-order chi connectivity index (χ0) is 10.7. The molecule has 78 valence electrons. The van der Waals surface area contributed by atoms with E-state index in [0.29, 0.717) is 12.5 Å². The maximum Gasteiger partial charge on any atom is 0.222 e. The molecular formula is C9H12N6. The van der Waals surface area contributed by atoms with E-state index in [0.717, 1.165) is 11.4 Å². The third-order valence-electron chi connectivity index (χ3n) is 1.99. The fraction of sp³-hybridized carbons (Fsp3) is 0.333. The Morgan fingerprint density at radius 3 is 2.67 bits per heavy atom. The summed E-state index contributed by atoms with van der Waals surface area (Å²) in [5, 5.41) is 10.8. The molecule has 2 rings (SSSR count). The quantitative estimate of drug-likeness (QED) is 0.789. The van der Waals surface area contributed by atoms with Crippen molar-refractivity contribution < 1.29 is 0 Å². The molecule has 0 amide bonds. The first-order chi connectivity index (χ1) is 7.25. The van der Waals surface area contributed by atoms with Gasteiger partial charge in [-0.1, -0.05) is 0 Å². The minimum absolute atomic E-state index is 0.569. The Hall–Kier alpha value is -1.98. The summed E-state index contributed by atoms with van der Waals surface area (Å²) in [5.74, 6) is 1.45. The number of aryl methyl sites for hydroxylation is 2. The van der Waals surface area contributed by atoms with Gasteiger partial charge in [0.15, 0.2) is 5.82 Å². The lowest BCUT2D eigenvalue weighted by Crippen LogP contribution is -2.07. The van der Waals surface area contributed by atoms with Crippen LogP contribution in [0.2, 0.25) is 0 Å². The molecule has 6 heteroatoms. The van der Waals surface area contributed by atoms with Crippen molar-refractivity contribution in [1.82, 2.24) is 24.7 Å². The maximum absolute atomic E-state index is 4.13. The lowest BCUT2D eigenvalue weighted by atomic mass is 10.4. The van der Waals surface area contributed by atoms with Crippen molar-refractivity contribution in [3.8, 4) is 0 Å². The topological polar surface area (TPSA) is 68.5 Å². The van der Waals surface area contributed by atoms with Crippen molar-refractivity contribution in [1.29, 1.82) is 0 Å². The molecule has 15 heavy (non-hydrogen) atoms. The lowest BCUT2D eigenvalue weighted by molar-refractivity contribution is 0.807. The third-order valence-corrected chi connectivity index (χ3v) is 1.99. The van der Waals surface area contributed by atoms with Crippen LogP contribution in [0.15, 0.2) is 18.7 Å². The van der Waals surface area contributed by atoms with Gasteiger partial charge in [-0.15, -0.1) is 10.2 Å². The average Bonchev–Trinajstić information content (AvgIpc) is 2.63. The van der Waals surface area contributed by atoms with Crippen LogP contribution < -0.4 is 5.32 Å². The van der Waals surface area contributed by atoms with Gasteiger partial charge in [0.1, 0.15) is 6.33 Å². The van der Waals surface area contributed by atoms with Crippen LogP contribution in [0, 0.1) is 6.92 Å². The summed E-state index contributed by atoms with van der Waals surface area (Å²) < 4.78 is 1.85. The molecular weight excluding hydrogens is 192 g/mol. The lowest BCUT2D eigenvalue weighted by Gasteiger charge is -2.03. The Bertz CT molecular complexity index is 432. The van der Waals surface area contributed by atoms with Gasteiger partial charge in [-0.25, -0.2) is 9.97 Å². The number of nitrogens with zero attached hydrogens (tertiary/aromatic N) is 5. The van der Waals surface area contributed by atoms with Crippen LogP contribution in [0.1, 0.15) is 11.4 Å². The Kier molecular flexibility index (Phi) is 2.57. The molecule has 0 aliphatic rings. The molecule has 2 aromatic rings. The standard InChI is InChI=1S/C9H12N6/c1-7-3-10-9(11-4-7)12-5-8-14-13-6-15(8)2/h3-4,6H,5H2,1-2H3,(H,10,11,12). The highest BCUT2D eigenvalue weighted by molar-refractivity contribution is 5.24. The Labute approximate surface area is 87.4 Å². The zero-order valence-corrected chi connectivity index (χ0v) is 8.68. The van der Waals surface area contributed by atoms with E-state index in [2.05, 4.69) is 25.5 Å². The van der Waals surface area contributed by atoms with E-state index in [1.807, 2.05) is 18.5 Å². The van der Waals surface area contributed by atoms with E-state index in [1.54, 1.807) is 18.7 Å². The van der Waals surface area contributed by atoms with Crippen LogP contribution in [-0.2, 0) is 13.6 Å². The van der Waals surface area contributed by atoms with Crippen LogP contribution in [0.5, 0.6) is 0 Å². The van der Waals surface area contributed by atoms with Gasteiger partial charge in [0, 0.05) is 19.4 Å². The second kappa shape index (κ2) is 4.04. The van der Waals surface area contributed by atoms with E-state index in [9.17, 15) is 0 Å². The first-order valence-electron chi connectivity index (χ1n) is 4.61. The summed E-state index contributed by atoms with van der Waals surface area (Å²) in [6, 6.07) is 0. The number of hydrogen-bond acceptors (Lipinski definition) is 5. The molecule has 0 unspecified atom stereocenters.